The highest BCUT2D eigenvalue weighted by Crippen LogP contribution is 2.32. The number of fused-ring (bicyclic) bond motifs is 1. The van der Waals surface area contributed by atoms with Gasteiger partial charge in [-0.15, -0.1) is 10.2 Å². The van der Waals surface area contributed by atoms with Gasteiger partial charge in [0.05, 0.1) is 12.0 Å². The van der Waals surface area contributed by atoms with Gasteiger partial charge < -0.3 is 14.1 Å². The van der Waals surface area contributed by atoms with Gasteiger partial charge in [0.1, 0.15) is 11.3 Å². The number of esters is 1. The summed E-state index contributed by atoms with van der Waals surface area (Å²) < 4.78 is 11.6. The van der Waals surface area contributed by atoms with Crippen LogP contribution < -0.4 is 0 Å². The van der Waals surface area contributed by atoms with Gasteiger partial charge in [-0.2, -0.15) is 5.21 Å². The molecule has 206 valence electrons. The van der Waals surface area contributed by atoms with Crippen molar-refractivity contribution in [3.63, 3.8) is 0 Å². The van der Waals surface area contributed by atoms with Crippen molar-refractivity contribution in [2.24, 2.45) is 5.41 Å². The Bertz CT molecular complexity index is 1370. The molecule has 0 radical (unpaired) electrons. The van der Waals surface area contributed by atoms with Crippen LogP contribution in [0.2, 0.25) is 0 Å². The first-order valence-corrected chi connectivity index (χ1v) is 13.7. The van der Waals surface area contributed by atoms with Crippen LogP contribution in [-0.2, 0) is 20.9 Å². The minimum atomic E-state index is -0.724. The van der Waals surface area contributed by atoms with Crippen molar-refractivity contribution in [1.82, 2.24) is 25.5 Å². The van der Waals surface area contributed by atoms with Gasteiger partial charge in [0.15, 0.2) is 0 Å². The number of rotatable bonds is 13. The van der Waals surface area contributed by atoms with Crippen LogP contribution in [0.25, 0.3) is 33.7 Å². The Kier molecular flexibility index (Phi) is 9.11. The molecule has 0 aliphatic carbocycles. The average Bonchev–Trinajstić information content (AvgIpc) is 3.65. The number of benzene rings is 2. The molecule has 9 heteroatoms. The van der Waals surface area contributed by atoms with E-state index in [0.29, 0.717) is 44.8 Å². The molecule has 0 saturated carbocycles. The van der Waals surface area contributed by atoms with E-state index in [1.807, 2.05) is 68.1 Å². The fourth-order valence-corrected chi connectivity index (χ4v) is 4.82. The van der Waals surface area contributed by atoms with Gasteiger partial charge in [0.25, 0.3) is 0 Å². The van der Waals surface area contributed by atoms with Crippen molar-refractivity contribution in [3.05, 3.63) is 54.1 Å². The van der Waals surface area contributed by atoms with E-state index in [0.717, 1.165) is 46.3 Å². The number of ether oxygens (including phenoxy) is 1. The molecule has 4 aromatic rings. The molecular weight excluding hydrogens is 494 g/mol. The summed E-state index contributed by atoms with van der Waals surface area (Å²) in [5.41, 5.74) is 2.82. The molecule has 39 heavy (non-hydrogen) atoms. The molecule has 4 rings (SSSR count). The van der Waals surface area contributed by atoms with Crippen molar-refractivity contribution in [3.8, 4) is 22.7 Å². The van der Waals surface area contributed by atoms with Crippen LogP contribution in [-0.4, -0.2) is 50.6 Å². The predicted octanol–water partition coefficient (Wildman–Crippen LogP) is 6.17. The van der Waals surface area contributed by atoms with Crippen LogP contribution in [0.15, 0.2) is 52.9 Å². The Morgan fingerprint density at radius 2 is 1.74 bits per heavy atom. The highest BCUT2D eigenvalue weighted by atomic mass is 16.5. The number of aromatic nitrogens is 4. The van der Waals surface area contributed by atoms with Gasteiger partial charge in [-0.1, -0.05) is 57.5 Å². The Morgan fingerprint density at radius 3 is 2.38 bits per heavy atom. The van der Waals surface area contributed by atoms with Crippen LogP contribution in [0.1, 0.15) is 65.4 Å². The molecule has 2 aromatic heterocycles. The van der Waals surface area contributed by atoms with Crippen molar-refractivity contribution >= 4 is 22.8 Å². The van der Waals surface area contributed by atoms with Crippen molar-refractivity contribution in [2.45, 2.75) is 66.3 Å². The molecule has 2 aromatic carbocycles. The minimum Gasteiger partial charge on any atom is -0.466 e. The lowest BCUT2D eigenvalue weighted by Gasteiger charge is -2.35. The molecule has 0 fully saturated rings. The van der Waals surface area contributed by atoms with Crippen molar-refractivity contribution in [2.75, 3.05) is 13.2 Å². The summed E-state index contributed by atoms with van der Waals surface area (Å²) in [6.45, 7) is 8.94. The predicted molar refractivity (Wildman–Crippen MR) is 149 cm³/mol. The summed E-state index contributed by atoms with van der Waals surface area (Å²) >= 11 is 0. The lowest BCUT2D eigenvalue weighted by Crippen LogP contribution is -2.45. The molecule has 0 aliphatic heterocycles. The third-order valence-electron chi connectivity index (χ3n) is 7.38. The largest absolute Gasteiger partial charge is 0.466 e. The topological polar surface area (TPSA) is 114 Å². The molecule has 1 amide bonds. The number of carbonyl (C=O) groups is 2. The van der Waals surface area contributed by atoms with Crippen LogP contribution in [0.3, 0.4) is 0 Å². The Labute approximate surface area is 228 Å². The first-order chi connectivity index (χ1) is 18.9. The molecule has 0 bridgehead atoms. The van der Waals surface area contributed by atoms with Gasteiger partial charge in [0.2, 0.25) is 11.7 Å². The number of nitrogens with zero attached hydrogens (tertiary/aromatic N) is 4. The second kappa shape index (κ2) is 12.7. The van der Waals surface area contributed by atoms with E-state index in [4.69, 9.17) is 9.15 Å². The summed E-state index contributed by atoms with van der Waals surface area (Å²) in [5, 5.41) is 15.0. The van der Waals surface area contributed by atoms with E-state index in [1.165, 1.54) is 0 Å². The molecule has 0 unspecified atom stereocenters. The molecular formula is C30H37N5O4. The second-order valence-electron chi connectivity index (χ2n) is 9.86. The fraction of sp³-hybridized carbons (Fsp3) is 0.433. The maximum atomic E-state index is 13.3. The highest BCUT2D eigenvalue weighted by molar-refractivity contribution is 5.84. The van der Waals surface area contributed by atoms with Gasteiger partial charge in [0, 0.05) is 36.0 Å². The van der Waals surface area contributed by atoms with E-state index in [-0.39, 0.29) is 11.9 Å². The van der Waals surface area contributed by atoms with Crippen LogP contribution in [0.4, 0.5) is 0 Å². The Balaban J connectivity index is 1.58. The Hall–Kier alpha value is -4.01. The molecule has 0 aliphatic rings. The summed E-state index contributed by atoms with van der Waals surface area (Å²) in [7, 11) is 0. The zero-order chi connectivity index (χ0) is 27.8. The lowest BCUT2D eigenvalue weighted by molar-refractivity contribution is -0.158. The maximum Gasteiger partial charge on any atom is 0.313 e. The molecule has 0 spiro atoms. The molecule has 0 atom stereocenters. The summed E-state index contributed by atoms with van der Waals surface area (Å²) in [5.74, 6) is 1.11. The monoisotopic (exact) mass is 531 g/mol. The van der Waals surface area contributed by atoms with Gasteiger partial charge in [-0.3, -0.25) is 9.59 Å². The Morgan fingerprint density at radius 1 is 1.00 bits per heavy atom. The fourth-order valence-electron chi connectivity index (χ4n) is 4.82. The standard InChI is InChI=1S/C30H37N5O4/c1-5-9-10-27(36)35(20-30(6-2,7-3)29(37)38-8-4)19-21-11-16-25-24(17-21)18-26(39-25)22-12-14-23(15-13-22)28-31-33-34-32-28/h11-18H,5-10,19-20H2,1-4H3,(H,31,32,33,34). The zero-order valence-electron chi connectivity index (χ0n) is 23.2. The van der Waals surface area contributed by atoms with Gasteiger partial charge >= 0.3 is 5.97 Å². The molecule has 9 nitrogen and oxygen atoms in total. The SMILES string of the molecule is CCCCC(=O)N(Cc1ccc2oc(-c3ccc(-c4nn[nH]n4)cc3)cc2c1)CC(CC)(CC)C(=O)OCC. The number of nitrogens with one attached hydrogen (secondary N) is 1. The van der Waals surface area contributed by atoms with Crippen molar-refractivity contribution in [1.29, 1.82) is 0 Å². The van der Waals surface area contributed by atoms with E-state index in [2.05, 4.69) is 33.6 Å². The summed E-state index contributed by atoms with van der Waals surface area (Å²) in [6, 6.07) is 15.8. The maximum absolute atomic E-state index is 13.3. The number of hydrogen-bond donors (Lipinski definition) is 1. The first-order valence-electron chi connectivity index (χ1n) is 13.7. The smallest absolute Gasteiger partial charge is 0.313 e. The number of tetrazole rings is 1. The normalized spacial score (nSPS) is 11.6. The molecule has 0 saturated heterocycles. The lowest BCUT2D eigenvalue weighted by atomic mass is 9.81. The van der Waals surface area contributed by atoms with Gasteiger partial charge in [-0.25, -0.2) is 0 Å². The molecule has 1 N–H and O–H groups in total. The minimum absolute atomic E-state index is 0.0575. The average molecular weight is 532 g/mol. The second-order valence-corrected chi connectivity index (χ2v) is 9.86. The van der Waals surface area contributed by atoms with E-state index < -0.39 is 5.41 Å². The summed E-state index contributed by atoms with van der Waals surface area (Å²) in [6.07, 6.45) is 3.42. The van der Waals surface area contributed by atoms with Crippen LogP contribution >= 0.6 is 0 Å². The highest BCUT2D eigenvalue weighted by Gasteiger charge is 2.39. The molecule has 2 heterocycles. The number of H-pyrrole nitrogens is 1. The van der Waals surface area contributed by atoms with E-state index in [9.17, 15) is 9.59 Å². The van der Waals surface area contributed by atoms with Gasteiger partial charge in [-0.05, 0) is 55.2 Å². The van der Waals surface area contributed by atoms with Crippen LogP contribution in [0, 0.1) is 5.41 Å². The van der Waals surface area contributed by atoms with Crippen molar-refractivity contribution < 1.29 is 18.7 Å². The van der Waals surface area contributed by atoms with Crippen LogP contribution in [0.5, 0.6) is 0 Å². The third kappa shape index (κ3) is 6.35. The third-order valence-corrected chi connectivity index (χ3v) is 7.38. The number of aromatic amines is 1. The number of carbonyl (C=O) groups excluding carboxylic acids is 2. The first kappa shape index (κ1) is 28.0. The number of furan rings is 1. The quantitative estimate of drug-likeness (QED) is 0.205. The number of amides is 1. The van der Waals surface area contributed by atoms with E-state index >= 15 is 0 Å². The number of hydrogen-bond acceptors (Lipinski definition) is 7. The summed E-state index contributed by atoms with van der Waals surface area (Å²) in [4.78, 5) is 28.1. The number of unbranched alkanes of at least 4 members (excludes halogenated alkanes) is 1. The zero-order valence-corrected chi connectivity index (χ0v) is 23.2. The van der Waals surface area contributed by atoms with E-state index in [1.54, 1.807) is 0 Å².